The highest BCUT2D eigenvalue weighted by molar-refractivity contribution is 6.30. The summed E-state index contributed by atoms with van der Waals surface area (Å²) in [6.07, 6.45) is 1.30. The number of halogens is 1. The second-order valence-corrected chi connectivity index (χ2v) is 5.22. The van der Waals surface area contributed by atoms with Crippen LogP contribution in [-0.4, -0.2) is 24.2 Å². The van der Waals surface area contributed by atoms with Crippen molar-refractivity contribution in [3.63, 3.8) is 0 Å². The summed E-state index contributed by atoms with van der Waals surface area (Å²) in [5.41, 5.74) is 0.719. The molecular weight excluding hydrogens is 268 g/mol. The molecule has 6 heteroatoms. The number of benzene rings is 1. The SMILES string of the molecule is CC1OCCC1CNCc1ccc(Cl)cc1[N+](=O)[O-]. The third-order valence-electron chi connectivity index (χ3n) is 3.50. The van der Waals surface area contributed by atoms with Gasteiger partial charge in [0.2, 0.25) is 0 Å². The summed E-state index contributed by atoms with van der Waals surface area (Å²) in [7, 11) is 0. The topological polar surface area (TPSA) is 64.4 Å². The number of hydrogen-bond donors (Lipinski definition) is 1. The Morgan fingerprint density at radius 3 is 3.00 bits per heavy atom. The van der Waals surface area contributed by atoms with Gasteiger partial charge < -0.3 is 10.1 Å². The predicted molar refractivity (Wildman–Crippen MR) is 73.3 cm³/mol. The Morgan fingerprint density at radius 2 is 2.37 bits per heavy atom. The predicted octanol–water partition coefficient (Wildman–Crippen LogP) is 2.76. The molecule has 1 fully saturated rings. The van der Waals surface area contributed by atoms with E-state index in [0.29, 0.717) is 23.0 Å². The highest BCUT2D eigenvalue weighted by Crippen LogP contribution is 2.24. The van der Waals surface area contributed by atoms with Gasteiger partial charge in [-0.3, -0.25) is 10.1 Å². The van der Waals surface area contributed by atoms with E-state index in [1.807, 2.05) is 0 Å². The van der Waals surface area contributed by atoms with Gasteiger partial charge in [0, 0.05) is 36.3 Å². The Balaban J connectivity index is 1.94. The van der Waals surface area contributed by atoms with Crippen molar-refractivity contribution in [2.24, 2.45) is 5.92 Å². The summed E-state index contributed by atoms with van der Waals surface area (Å²) in [6, 6.07) is 4.76. The lowest BCUT2D eigenvalue weighted by atomic mass is 10.0. The van der Waals surface area contributed by atoms with E-state index in [1.165, 1.54) is 6.07 Å². The molecule has 5 nitrogen and oxygen atoms in total. The molecule has 1 aromatic carbocycles. The fraction of sp³-hybridized carbons (Fsp3) is 0.538. The molecule has 0 saturated carbocycles. The van der Waals surface area contributed by atoms with Crippen molar-refractivity contribution in [1.82, 2.24) is 5.32 Å². The summed E-state index contributed by atoms with van der Waals surface area (Å²) in [5, 5.41) is 14.6. The molecule has 0 aliphatic carbocycles. The summed E-state index contributed by atoms with van der Waals surface area (Å²) in [5.74, 6) is 0.478. The van der Waals surface area contributed by atoms with Crippen LogP contribution in [0, 0.1) is 16.0 Å². The van der Waals surface area contributed by atoms with Crippen LogP contribution in [0.5, 0.6) is 0 Å². The highest BCUT2D eigenvalue weighted by Gasteiger charge is 2.23. The van der Waals surface area contributed by atoms with Crippen molar-refractivity contribution in [2.45, 2.75) is 26.0 Å². The van der Waals surface area contributed by atoms with Crippen LogP contribution >= 0.6 is 11.6 Å². The van der Waals surface area contributed by atoms with Gasteiger partial charge in [-0.25, -0.2) is 0 Å². The lowest BCUT2D eigenvalue weighted by molar-refractivity contribution is -0.385. The normalized spacial score (nSPS) is 22.6. The maximum atomic E-state index is 10.9. The van der Waals surface area contributed by atoms with Crippen molar-refractivity contribution in [3.05, 3.63) is 38.9 Å². The standard InChI is InChI=1S/C13H17ClN2O3/c1-9-10(4-5-19-9)7-15-8-11-2-3-12(14)6-13(11)16(17)18/h2-3,6,9-10,15H,4-5,7-8H2,1H3. The summed E-state index contributed by atoms with van der Waals surface area (Å²) >= 11 is 5.78. The highest BCUT2D eigenvalue weighted by atomic mass is 35.5. The molecule has 1 saturated heterocycles. The number of rotatable bonds is 5. The molecule has 1 aliphatic rings. The van der Waals surface area contributed by atoms with Gasteiger partial charge in [-0.15, -0.1) is 0 Å². The van der Waals surface area contributed by atoms with Crippen LogP contribution in [0.1, 0.15) is 18.9 Å². The fourth-order valence-corrected chi connectivity index (χ4v) is 2.46. The van der Waals surface area contributed by atoms with Crippen molar-refractivity contribution in [1.29, 1.82) is 0 Å². The van der Waals surface area contributed by atoms with Gasteiger partial charge >= 0.3 is 0 Å². The van der Waals surface area contributed by atoms with Crippen LogP contribution in [0.25, 0.3) is 0 Å². The molecule has 1 N–H and O–H groups in total. The maximum absolute atomic E-state index is 10.9. The Hall–Kier alpha value is -1.17. The van der Waals surface area contributed by atoms with E-state index < -0.39 is 4.92 Å². The minimum Gasteiger partial charge on any atom is -0.378 e. The van der Waals surface area contributed by atoms with Crippen LogP contribution in [0.15, 0.2) is 18.2 Å². The van der Waals surface area contributed by atoms with Gasteiger partial charge in [0.1, 0.15) is 0 Å². The maximum Gasteiger partial charge on any atom is 0.275 e. The number of nitro benzene ring substituents is 1. The van der Waals surface area contributed by atoms with Crippen molar-refractivity contribution >= 4 is 17.3 Å². The molecule has 2 rings (SSSR count). The molecule has 2 atom stereocenters. The Labute approximate surface area is 117 Å². The zero-order valence-electron chi connectivity index (χ0n) is 10.8. The van der Waals surface area contributed by atoms with Gasteiger partial charge in [-0.2, -0.15) is 0 Å². The van der Waals surface area contributed by atoms with Crippen LogP contribution in [0.4, 0.5) is 5.69 Å². The first-order valence-electron chi connectivity index (χ1n) is 6.33. The molecule has 1 heterocycles. The average Bonchev–Trinajstić information content (AvgIpc) is 2.77. The fourth-order valence-electron chi connectivity index (χ4n) is 2.29. The third kappa shape index (κ3) is 3.65. The molecule has 0 aromatic heterocycles. The minimum absolute atomic E-state index is 0.0655. The second kappa shape index (κ2) is 6.32. The molecule has 0 radical (unpaired) electrons. The van der Waals surface area contributed by atoms with Crippen LogP contribution < -0.4 is 5.32 Å². The lowest BCUT2D eigenvalue weighted by Crippen LogP contribution is -2.26. The molecule has 0 bridgehead atoms. The van der Waals surface area contributed by atoms with Gasteiger partial charge in [-0.05, 0) is 31.4 Å². The number of nitrogens with zero attached hydrogens (tertiary/aromatic N) is 1. The molecule has 1 aromatic rings. The number of ether oxygens (including phenoxy) is 1. The largest absolute Gasteiger partial charge is 0.378 e. The third-order valence-corrected chi connectivity index (χ3v) is 3.73. The smallest absolute Gasteiger partial charge is 0.275 e. The molecule has 1 aliphatic heterocycles. The van der Waals surface area contributed by atoms with E-state index in [2.05, 4.69) is 12.2 Å². The first-order valence-corrected chi connectivity index (χ1v) is 6.71. The first kappa shape index (κ1) is 14.2. The van der Waals surface area contributed by atoms with Gasteiger partial charge in [0.05, 0.1) is 11.0 Å². The Kier molecular flexibility index (Phi) is 4.74. The van der Waals surface area contributed by atoms with E-state index in [9.17, 15) is 10.1 Å². The quantitative estimate of drug-likeness (QED) is 0.667. The van der Waals surface area contributed by atoms with Crippen molar-refractivity contribution < 1.29 is 9.66 Å². The van der Waals surface area contributed by atoms with Crippen molar-refractivity contribution in [2.75, 3.05) is 13.2 Å². The van der Waals surface area contributed by atoms with E-state index >= 15 is 0 Å². The number of hydrogen-bond acceptors (Lipinski definition) is 4. The molecule has 0 amide bonds. The molecule has 0 spiro atoms. The Morgan fingerprint density at radius 1 is 1.58 bits per heavy atom. The van der Waals surface area contributed by atoms with E-state index in [0.717, 1.165) is 19.6 Å². The molecule has 104 valence electrons. The molecule has 19 heavy (non-hydrogen) atoms. The number of nitrogens with one attached hydrogen (secondary N) is 1. The molecular formula is C13H17ClN2O3. The average molecular weight is 285 g/mol. The van der Waals surface area contributed by atoms with Crippen molar-refractivity contribution in [3.8, 4) is 0 Å². The Bertz CT molecular complexity index is 467. The number of nitro groups is 1. The first-order chi connectivity index (χ1) is 9.08. The zero-order valence-corrected chi connectivity index (χ0v) is 11.5. The van der Waals surface area contributed by atoms with Gasteiger partial charge in [0.15, 0.2) is 0 Å². The summed E-state index contributed by atoms with van der Waals surface area (Å²) < 4.78 is 5.48. The van der Waals surface area contributed by atoms with Gasteiger partial charge in [0.25, 0.3) is 5.69 Å². The van der Waals surface area contributed by atoms with Crippen LogP contribution in [0.3, 0.4) is 0 Å². The summed E-state index contributed by atoms with van der Waals surface area (Å²) in [6.45, 7) is 4.14. The van der Waals surface area contributed by atoms with E-state index in [1.54, 1.807) is 12.1 Å². The minimum atomic E-state index is -0.399. The van der Waals surface area contributed by atoms with E-state index in [-0.39, 0.29) is 11.8 Å². The van der Waals surface area contributed by atoms with E-state index in [4.69, 9.17) is 16.3 Å². The van der Waals surface area contributed by atoms with Crippen LogP contribution in [-0.2, 0) is 11.3 Å². The monoisotopic (exact) mass is 284 g/mol. The molecule has 2 unspecified atom stereocenters. The van der Waals surface area contributed by atoms with Crippen LogP contribution in [0.2, 0.25) is 5.02 Å². The summed E-state index contributed by atoms with van der Waals surface area (Å²) in [4.78, 5) is 10.5. The second-order valence-electron chi connectivity index (χ2n) is 4.79. The lowest BCUT2D eigenvalue weighted by Gasteiger charge is -2.14. The van der Waals surface area contributed by atoms with Gasteiger partial charge in [-0.1, -0.05) is 11.6 Å². The zero-order chi connectivity index (χ0) is 13.8.